The Kier molecular flexibility index (Phi) is 10.9. The monoisotopic (exact) mass is 773 g/mol. The molecule has 3 fully saturated rings. The molecular formula is C42H51N3O9S. The van der Waals surface area contributed by atoms with Crippen LogP contribution in [0.2, 0.25) is 0 Å². The molecule has 0 bridgehead atoms. The van der Waals surface area contributed by atoms with E-state index < -0.39 is 79.3 Å². The quantitative estimate of drug-likeness (QED) is 0.146. The Morgan fingerprint density at radius 2 is 1.76 bits per heavy atom. The molecule has 1 aromatic heterocycles. The van der Waals surface area contributed by atoms with E-state index in [0.717, 1.165) is 10.9 Å². The zero-order valence-electron chi connectivity index (χ0n) is 32.4. The van der Waals surface area contributed by atoms with Gasteiger partial charge in [0, 0.05) is 24.4 Å². The van der Waals surface area contributed by atoms with E-state index in [0.29, 0.717) is 29.9 Å². The van der Waals surface area contributed by atoms with Crippen molar-refractivity contribution in [3.05, 3.63) is 79.0 Å². The van der Waals surface area contributed by atoms with Crippen LogP contribution in [-0.4, -0.2) is 72.9 Å². The summed E-state index contributed by atoms with van der Waals surface area (Å²) in [4.78, 5) is 62.4. The standard InChI is InChI=1S/C42H51N3O9S/c1-8-27-23-42(27,39(49)44-55(50,51)31-15-16-31)24-35(46)34-21-30(53-37-32-17-14-29(52-7)20-26(32)18-19-43-37)25-45(34)38(48)33(40(2,3)4)22-36(47)54-41(5,6)28-12-10-9-11-13-28/h8-14,17-20,27,30-31,33-34H,1,15-16,21-25H2,2-7H3,(H,44,49)/t27-,30-,33-,34+,42-/m1/s1. The van der Waals surface area contributed by atoms with Gasteiger partial charge in [-0.15, -0.1) is 6.58 Å². The van der Waals surface area contributed by atoms with Crippen molar-refractivity contribution >= 4 is 44.4 Å². The number of pyridine rings is 1. The van der Waals surface area contributed by atoms with Crippen LogP contribution in [0.1, 0.15) is 78.7 Å². The zero-order chi connectivity index (χ0) is 39.9. The lowest BCUT2D eigenvalue weighted by Crippen LogP contribution is -2.49. The third-order valence-electron chi connectivity index (χ3n) is 11.2. The molecule has 2 aromatic carbocycles. The number of esters is 1. The Hall–Kier alpha value is -4.78. The number of fused-ring (bicyclic) bond motifs is 1. The van der Waals surface area contributed by atoms with E-state index >= 15 is 0 Å². The van der Waals surface area contributed by atoms with Crippen molar-refractivity contribution in [2.45, 2.75) is 96.1 Å². The van der Waals surface area contributed by atoms with Crippen molar-refractivity contribution in [1.29, 1.82) is 0 Å². The number of ketones is 1. The summed E-state index contributed by atoms with van der Waals surface area (Å²) in [5.74, 6) is -2.43. The summed E-state index contributed by atoms with van der Waals surface area (Å²) in [6.45, 7) is 13.0. The number of Topliss-reactive ketones (excluding diaryl/α,β-unsaturated/α-hetero) is 1. The summed E-state index contributed by atoms with van der Waals surface area (Å²) < 4.78 is 45.5. The first-order valence-electron chi connectivity index (χ1n) is 18.8. The highest BCUT2D eigenvalue weighted by molar-refractivity contribution is 7.90. The van der Waals surface area contributed by atoms with Crippen LogP contribution in [0.3, 0.4) is 0 Å². The first-order valence-corrected chi connectivity index (χ1v) is 20.3. The Bertz CT molecular complexity index is 2090. The van der Waals surface area contributed by atoms with Gasteiger partial charge in [0.05, 0.1) is 42.7 Å². The van der Waals surface area contributed by atoms with Crippen LogP contribution in [0.15, 0.2) is 73.4 Å². The number of rotatable bonds is 15. The van der Waals surface area contributed by atoms with E-state index in [4.69, 9.17) is 14.2 Å². The summed E-state index contributed by atoms with van der Waals surface area (Å²) in [6.07, 6.45) is 3.28. The first-order chi connectivity index (χ1) is 25.9. The number of amides is 2. The highest BCUT2D eigenvalue weighted by atomic mass is 32.2. The molecule has 2 heterocycles. The summed E-state index contributed by atoms with van der Waals surface area (Å²) >= 11 is 0. The van der Waals surface area contributed by atoms with E-state index in [2.05, 4.69) is 16.3 Å². The van der Waals surface area contributed by atoms with Gasteiger partial charge in [-0.25, -0.2) is 13.4 Å². The van der Waals surface area contributed by atoms with E-state index in [1.807, 2.05) is 69.3 Å². The number of benzene rings is 2. The number of carbonyl (C=O) groups excluding carboxylic acids is 4. The molecule has 6 rings (SSSR count). The maximum absolute atomic E-state index is 14.8. The molecule has 1 aliphatic heterocycles. The van der Waals surface area contributed by atoms with E-state index in [-0.39, 0.29) is 32.2 Å². The maximum Gasteiger partial charge on any atom is 0.307 e. The predicted molar refractivity (Wildman–Crippen MR) is 206 cm³/mol. The minimum atomic E-state index is -3.86. The number of aromatic nitrogens is 1. The summed E-state index contributed by atoms with van der Waals surface area (Å²) in [5, 5.41) is 0.923. The molecule has 0 radical (unpaired) electrons. The van der Waals surface area contributed by atoms with Crippen molar-refractivity contribution < 1.29 is 41.8 Å². The fourth-order valence-corrected chi connectivity index (χ4v) is 8.99. The maximum atomic E-state index is 14.8. The average molecular weight is 774 g/mol. The SMILES string of the molecule is C=C[C@@H]1C[C@]1(CC(=O)[C@@H]1C[C@@H](Oc2nccc3cc(OC)ccc23)CN1C(=O)[C@@H](CC(=O)OC(C)(C)c1ccccc1)C(C)(C)C)C(=O)NS(=O)(=O)C1CC1. The molecule has 294 valence electrons. The number of likely N-dealkylation sites (tertiary alicyclic amines) is 1. The number of ether oxygens (including phenoxy) is 3. The minimum absolute atomic E-state index is 0.0146. The fraction of sp³-hybridized carbons (Fsp3) is 0.500. The molecule has 12 nitrogen and oxygen atoms in total. The topological polar surface area (TPSA) is 158 Å². The molecule has 2 amide bonds. The normalized spacial score (nSPS) is 23.1. The number of allylic oxidation sites excluding steroid dienone is 1. The van der Waals surface area contributed by atoms with E-state index in [1.54, 1.807) is 39.3 Å². The number of carbonyl (C=O) groups is 4. The van der Waals surface area contributed by atoms with Gasteiger partial charge in [0.15, 0.2) is 5.78 Å². The second-order valence-corrected chi connectivity index (χ2v) is 18.6. The predicted octanol–water partition coefficient (Wildman–Crippen LogP) is 5.88. The van der Waals surface area contributed by atoms with Crippen molar-refractivity contribution in [3.63, 3.8) is 0 Å². The van der Waals surface area contributed by atoms with Crippen LogP contribution < -0.4 is 14.2 Å². The zero-order valence-corrected chi connectivity index (χ0v) is 33.2. The molecule has 5 atom stereocenters. The third kappa shape index (κ3) is 8.56. The fourth-order valence-electron chi connectivity index (χ4n) is 7.60. The van der Waals surface area contributed by atoms with Gasteiger partial charge in [-0.3, -0.25) is 23.9 Å². The number of nitrogens with zero attached hydrogens (tertiary/aromatic N) is 2. The van der Waals surface area contributed by atoms with Crippen LogP contribution >= 0.6 is 0 Å². The Morgan fingerprint density at radius 3 is 2.38 bits per heavy atom. The molecule has 13 heteroatoms. The van der Waals surface area contributed by atoms with Gasteiger partial charge in [0.1, 0.15) is 17.5 Å². The number of sulfonamides is 1. The van der Waals surface area contributed by atoms with Crippen molar-refractivity contribution in [1.82, 2.24) is 14.6 Å². The molecular weight excluding hydrogens is 723 g/mol. The lowest BCUT2D eigenvalue weighted by Gasteiger charge is -2.35. The average Bonchev–Trinajstić information content (AvgIpc) is 4.06. The molecule has 3 aliphatic rings. The van der Waals surface area contributed by atoms with Crippen LogP contribution in [0, 0.1) is 22.7 Å². The van der Waals surface area contributed by atoms with Gasteiger partial charge in [-0.1, -0.05) is 57.2 Å². The van der Waals surface area contributed by atoms with Gasteiger partial charge in [-0.05, 0) is 79.7 Å². The van der Waals surface area contributed by atoms with E-state index in [1.165, 1.54) is 4.90 Å². The Balaban J connectivity index is 1.28. The van der Waals surface area contributed by atoms with Crippen molar-refractivity contribution in [2.75, 3.05) is 13.7 Å². The molecule has 0 unspecified atom stereocenters. The number of methoxy groups -OCH3 is 1. The second kappa shape index (κ2) is 15.0. The largest absolute Gasteiger partial charge is 0.497 e. The lowest BCUT2D eigenvalue weighted by atomic mass is 9.77. The molecule has 55 heavy (non-hydrogen) atoms. The van der Waals surface area contributed by atoms with Crippen LogP contribution in [-0.2, 0) is 39.5 Å². The molecule has 0 spiro atoms. The Morgan fingerprint density at radius 1 is 1.05 bits per heavy atom. The van der Waals surface area contributed by atoms with Crippen molar-refractivity contribution in [2.24, 2.45) is 22.7 Å². The minimum Gasteiger partial charge on any atom is -0.497 e. The van der Waals surface area contributed by atoms with E-state index in [9.17, 15) is 27.6 Å². The summed E-state index contributed by atoms with van der Waals surface area (Å²) in [7, 11) is -2.29. The highest BCUT2D eigenvalue weighted by Gasteiger charge is 2.61. The molecule has 1 saturated heterocycles. The smallest absolute Gasteiger partial charge is 0.307 e. The lowest BCUT2D eigenvalue weighted by molar-refractivity contribution is -0.163. The number of nitrogens with one attached hydrogen (secondary N) is 1. The van der Waals surface area contributed by atoms with Gasteiger partial charge in [0.2, 0.25) is 27.7 Å². The summed E-state index contributed by atoms with van der Waals surface area (Å²) in [6, 6.07) is 15.6. The highest BCUT2D eigenvalue weighted by Crippen LogP contribution is 2.57. The molecule has 2 saturated carbocycles. The van der Waals surface area contributed by atoms with Gasteiger partial charge in [0.25, 0.3) is 0 Å². The third-order valence-corrected chi connectivity index (χ3v) is 13.1. The number of hydrogen-bond donors (Lipinski definition) is 1. The van der Waals surface area contributed by atoms with Crippen LogP contribution in [0.25, 0.3) is 10.8 Å². The number of hydrogen-bond acceptors (Lipinski definition) is 10. The summed E-state index contributed by atoms with van der Waals surface area (Å²) in [5.41, 5.74) is -2.19. The van der Waals surface area contributed by atoms with Gasteiger partial charge < -0.3 is 19.1 Å². The van der Waals surface area contributed by atoms with Gasteiger partial charge in [-0.2, -0.15) is 0 Å². The second-order valence-electron chi connectivity index (χ2n) is 16.7. The molecule has 2 aliphatic carbocycles. The first kappa shape index (κ1) is 39.9. The molecule has 1 N–H and O–H groups in total. The molecule has 3 aromatic rings. The van der Waals surface area contributed by atoms with Gasteiger partial charge >= 0.3 is 5.97 Å². The van der Waals surface area contributed by atoms with Crippen LogP contribution in [0.5, 0.6) is 11.6 Å². The van der Waals surface area contributed by atoms with Crippen LogP contribution in [0.4, 0.5) is 0 Å². The Labute approximate surface area is 323 Å². The van der Waals surface area contributed by atoms with Crippen molar-refractivity contribution in [3.8, 4) is 11.6 Å².